The van der Waals surface area contributed by atoms with Crippen LogP contribution in [0, 0.1) is 13.8 Å². The fourth-order valence-electron chi connectivity index (χ4n) is 2.18. The highest BCUT2D eigenvalue weighted by Gasteiger charge is 2.05. The number of aryl methyl sites for hydroxylation is 3. The monoisotopic (exact) mass is 287 g/mol. The van der Waals surface area contributed by atoms with Crippen molar-refractivity contribution < 1.29 is 9.53 Å². The molecule has 0 spiro atoms. The highest BCUT2D eigenvalue weighted by Crippen LogP contribution is 2.12. The number of carbonyl (C=O) groups excluding carboxylic acids is 1. The van der Waals surface area contributed by atoms with Gasteiger partial charge in [0.05, 0.1) is 12.8 Å². The molecule has 0 unspecified atom stereocenters. The molecule has 112 valence electrons. The van der Waals surface area contributed by atoms with E-state index < -0.39 is 0 Å². The van der Waals surface area contributed by atoms with E-state index >= 15 is 0 Å². The largest absolute Gasteiger partial charge is 0.497 e. The van der Waals surface area contributed by atoms with Gasteiger partial charge < -0.3 is 10.1 Å². The maximum Gasteiger partial charge on any atom is 0.222 e. The number of rotatable bonds is 6. The van der Waals surface area contributed by atoms with Crippen molar-refractivity contribution in [2.24, 2.45) is 0 Å². The molecule has 21 heavy (non-hydrogen) atoms. The summed E-state index contributed by atoms with van der Waals surface area (Å²) in [6.07, 6.45) is 0.423. The van der Waals surface area contributed by atoms with Gasteiger partial charge in [-0.2, -0.15) is 5.10 Å². The van der Waals surface area contributed by atoms with Gasteiger partial charge in [-0.3, -0.25) is 9.48 Å². The average molecular weight is 287 g/mol. The Hall–Kier alpha value is -2.30. The maximum atomic E-state index is 11.9. The Morgan fingerprint density at radius 3 is 2.81 bits per heavy atom. The number of nitrogens with one attached hydrogen (secondary N) is 1. The van der Waals surface area contributed by atoms with Crippen molar-refractivity contribution in [2.45, 2.75) is 33.4 Å². The van der Waals surface area contributed by atoms with Gasteiger partial charge in [0, 0.05) is 25.2 Å². The van der Waals surface area contributed by atoms with Crippen molar-refractivity contribution in [3.05, 3.63) is 47.3 Å². The Morgan fingerprint density at radius 1 is 1.33 bits per heavy atom. The van der Waals surface area contributed by atoms with Crippen LogP contribution in [0.5, 0.6) is 5.75 Å². The van der Waals surface area contributed by atoms with Crippen molar-refractivity contribution in [3.8, 4) is 5.75 Å². The Bertz CT molecular complexity index is 620. The van der Waals surface area contributed by atoms with Crippen LogP contribution in [0.1, 0.15) is 23.4 Å². The third-order valence-electron chi connectivity index (χ3n) is 3.28. The maximum absolute atomic E-state index is 11.9. The Kier molecular flexibility index (Phi) is 4.98. The van der Waals surface area contributed by atoms with E-state index in [0.717, 1.165) is 22.7 Å². The van der Waals surface area contributed by atoms with Gasteiger partial charge in [0.15, 0.2) is 0 Å². The van der Waals surface area contributed by atoms with Crippen LogP contribution in [0.25, 0.3) is 0 Å². The van der Waals surface area contributed by atoms with Crippen molar-refractivity contribution >= 4 is 5.91 Å². The number of carbonyl (C=O) groups is 1. The van der Waals surface area contributed by atoms with Crippen LogP contribution in [-0.4, -0.2) is 22.8 Å². The fraction of sp³-hybridized carbons (Fsp3) is 0.375. The van der Waals surface area contributed by atoms with Gasteiger partial charge in [0.1, 0.15) is 5.75 Å². The first-order valence-electron chi connectivity index (χ1n) is 6.99. The van der Waals surface area contributed by atoms with E-state index in [2.05, 4.69) is 10.4 Å². The first-order valence-corrected chi connectivity index (χ1v) is 6.99. The molecule has 5 heteroatoms. The predicted octanol–water partition coefficient (Wildman–Crippen LogP) is 2.22. The molecule has 0 fully saturated rings. The molecular formula is C16H21N3O2. The minimum atomic E-state index is 0.0189. The summed E-state index contributed by atoms with van der Waals surface area (Å²) in [6, 6.07) is 9.68. The van der Waals surface area contributed by atoms with E-state index in [1.54, 1.807) is 7.11 Å². The summed E-state index contributed by atoms with van der Waals surface area (Å²) in [5.41, 5.74) is 3.08. The molecule has 0 aliphatic carbocycles. The Labute approximate surface area is 124 Å². The molecule has 0 aliphatic heterocycles. The van der Waals surface area contributed by atoms with Gasteiger partial charge >= 0.3 is 0 Å². The van der Waals surface area contributed by atoms with Crippen LogP contribution in [0.4, 0.5) is 0 Å². The zero-order chi connectivity index (χ0) is 15.2. The third kappa shape index (κ3) is 4.34. The lowest BCUT2D eigenvalue weighted by Crippen LogP contribution is -2.24. The lowest BCUT2D eigenvalue weighted by atomic mass is 10.2. The van der Waals surface area contributed by atoms with Gasteiger partial charge in [-0.1, -0.05) is 12.1 Å². The molecule has 1 amide bonds. The van der Waals surface area contributed by atoms with E-state index in [1.807, 2.05) is 48.9 Å². The Balaban J connectivity index is 1.80. The van der Waals surface area contributed by atoms with Crippen molar-refractivity contribution in [3.63, 3.8) is 0 Å². The molecule has 0 radical (unpaired) electrons. The number of hydrogen-bond donors (Lipinski definition) is 1. The van der Waals surface area contributed by atoms with Crippen molar-refractivity contribution in [1.82, 2.24) is 15.1 Å². The molecule has 1 aromatic carbocycles. The number of aromatic nitrogens is 2. The normalized spacial score (nSPS) is 10.4. The summed E-state index contributed by atoms with van der Waals surface area (Å²) in [6.45, 7) is 5.05. The van der Waals surface area contributed by atoms with Crippen LogP contribution in [0.3, 0.4) is 0 Å². The highest BCUT2D eigenvalue weighted by atomic mass is 16.5. The van der Waals surface area contributed by atoms with Gasteiger partial charge in [0.2, 0.25) is 5.91 Å². The van der Waals surface area contributed by atoms with Gasteiger partial charge in [-0.15, -0.1) is 0 Å². The second-order valence-corrected chi connectivity index (χ2v) is 5.03. The molecular weight excluding hydrogens is 266 g/mol. The zero-order valence-corrected chi connectivity index (χ0v) is 12.7. The molecule has 0 aliphatic rings. The first-order chi connectivity index (χ1) is 10.1. The van der Waals surface area contributed by atoms with Crippen molar-refractivity contribution in [1.29, 1.82) is 0 Å². The molecule has 2 aromatic rings. The fourth-order valence-corrected chi connectivity index (χ4v) is 2.18. The van der Waals surface area contributed by atoms with E-state index in [0.29, 0.717) is 19.5 Å². The number of ether oxygens (including phenoxy) is 1. The minimum absolute atomic E-state index is 0.0189. The molecule has 0 bridgehead atoms. The zero-order valence-electron chi connectivity index (χ0n) is 12.7. The van der Waals surface area contributed by atoms with Crippen LogP contribution in [-0.2, 0) is 17.9 Å². The standard InChI is InChI=1S/C16H21N3O2/c1-12-9-13(2)19(18-12)8-7-16(20)17-11-14-5-4-6-15(10-14)21-3/h4-6,9-10H,7-8,11H2,1-3H3,(H,17,20). The van der Waals surface area contributed by atoms with Crippen molar-refractivity contribution in [2.75, 3.05) is 7.11 Å². The number of benzene rings is 1. The molecule has 1 N–H and O–H groups in total. The molecule has 5 nitrogen and oxygen atoms in total. The molecule has 0 saturated heterocycles. The molecule has 1 aromatic heterocycles. The summed E-state index contributed by atoms with van der Waals surface area (Å²) >= 11 is 0. The average Bonchev–Trinajstić information content (AvgIpc) is 2.81. The molecule has 1 heterocycles. The molecule has 0 saturated carbocycles. The van der Waals surface area contributed by atoms with E-state index in [-0.39, 0.29) is 5.91 Å². The lowest BCUT2D eigenvalue weighted by molar-refractivity contribution is -0.121. The lowest BCUT2D eigenvalue weighted by Gasteiger charge is -2.08. The van der Waals surface area contributed by atoms with E-state index in [1.165, 1.54) is 0 Å². The van der Waals surface area contributed by atoms with E-state index in [4.69, 9.17) is 4.74 Å². The predicted molar refractivity (Wildman–Crippen MR) is 81.2 cm³/mol. The number of hydrogen-bond acceptors (Lipinski definition) is 3. The SMILES string of the molecule is COc1cccc(CNC(=O)CCn2nc(C)cc2C)c1. The number of methoxy groups -OCH3 is 1. The minimum Gasteiger partial charge on any atom is -0.497 e. The summed E-state index contributed by atoms with van der Waals surface area (Å²) in [5.74, 6) is 0.815. The van der Waals surface area contributed by atoms with Crippen LogP contribution >= 0.6 is 0 Å². The summed E-state index contributed by atoms with van der Waals surface area (Å²) in [5, 5.41) is 7.25. The second kappa shape index (κ2) is 6.92. The van der Waals surface area contributed by atoms with Crippen LogP contribution < -0.4 is 10.1 Å². The molecule has 2 rings (SSSR count). The topological polar surface area (TPSA) is 56.1 Å². The quantitative estimate of drug-likeness (QED) is 0.886. The van der Waals surface area contributed by atoms with Gasteiger partial charge in [-0.25, -0.2) is 0 Å². The van der Waals surface area contributed by atoms with E-state index in [9.17, 15) is 4.79 Å². The van der Waals surface area contributed by atoms with Gasteiger partial charge in [-0.05, 0) is 37.6 Å². The summed E-state index contributed by atoms with van der Waals surface area (Å²) < 4.78 is 7.02. The molecule has 0 atom stereocenters. The number of nitrogens with zero attached hydrogens (tertiary/aromatic N) is 2. The smallest absolute Gasteiger partial charge is 0.222 e. The second-order valence-electron chi connectivity index (χ2n) is 5.03. The third-order valence-corrected chi connectivity index (χ3v) is 3.28. The summed E-state index contributed by atoms with van der Waals surface area (Å²) in [7, 11) is 1.63. The Morgan fingerprint density at radius 2 is 2.14 bits per heavy atom. The summed E-state index contributed by atoms with van der Waals surface area (Å²) in [4.78, 5) is 11.9. The first kappa shape index (κ1) is 15.1. The number of amides is 1. The van der Waals surface area contributed by atoms with Crippen LogP contribution in [0.15, 0.2) is 30.3 Å². The van der Waals surface area contributed by atoms with Crippen LogP contribution in [0.2, 0.25) is 0 Å². The highest BCUT2D eigenvalue weighted by molar-refractivity contribution is 5.75. The van der Waals surface area contributed by atoms with Gasteiger partial charge in [0.25, 0.3) is 0 Å².